The van der Waals surface area contributed by atoms with Gasteiger partial charge >= 0.3 is 6.09 Å². The Hall–Kier alpha value is -2.28. The van der Waals surface area contributed by atoms with Crippen LogP contribution in [0.15, 0.2) is 18.2 Å². The molecule has 0 radical (unpaired) electrons. The van der Waals surface area contributed by atoms with Crippen molar-refractivity contribution in [1.29, 1.82) is 0 Å². The van der Waals surface area contributed by atoms with Gasteiger partial charge in [0.1, 0.15) is 5.75 Å². The van der Waals surface area contributed by atoms with Crippen LogP contribution in [0.1, 0.15) is 63.4 Å². The molecule has 2 fully saturated rings. The number of nitrogens with two attached hydrogens (primary N) is 1. The van der Waals surface area contributed by atoms with Crippen LogP contribution < -0.4 is 15.4 Å². The lowest BCUT2D eigenvalue weighted by atomic mass is 9.84. The molecule has 2 N–H and O–H groups in total. The van der Waals surface area contributed by atoms with Gasteiger partial charge in [0.15, 0.2) is 5.60 Å². The second-order valence-electron chi connectivity index (χ2n) is 9.08. The van der Waals surface area contributed by atoms with E-state index in [0.29, 0.717) is 26.0 Å². The fourth-order valence-corrected chi connectivity index (χ4v) is 5.06. The Balaban J connectivity index is 1.31. The maximum absolute atomic E-state index is 12.9. The molecule has 0 spiro atoms. The minimum atomic E-state index is -1.16. The zero-order valence-corrected chi connectivity index (χ0v) is 18.4. The third-order valence-corrected chi connectivity index (χ3v) is 6.90. The second-order valence-corrected chi connectivity index (χ2v) is 9.08. The lowest BCUT2D eigenvalue weighted by molar-refractivity contribution is -0.139. The predicted octanol–water partition coefficient (Wildman–Crippen LogP) is 3.63. The van der Waals surface area contributed by atoms with E-state index < -0.39 is 17.6 Å². The standard InChI is InChI=1S/C24H35N3O4/c25-22(28)24(11-3-1-4-12-24)31-23(29)27-16-10-19-18-20(8-9-21(19)27)30-17-7-15-26-13-5-2-6-14-26/h8-9,18H,1-7,10-17H2,(H2,25,28). The summed E-state index contributed by atoms with van der Waals surface area (Å²) in [5, 5.41) is 0. The van der Waals surface area contributed by atoms with Crippen LogP contribution in [0.3, 0.4) is 0 Å². The SMILES string of the molecule is NC(=O)C1(OC(=O)N2CCc3cc(OCCCN4CCCCC4)ccc32)CCCCC1. The molecule has 4 rings (SSSR count). The molecule has 3 aliphatic rings. The maximum Gasteiger partial charge on any atom is 0.415 e. The number of nitrogens with zero attached hydrogens (tertiary/aromatic N) is 2. The number of hydrogen-bond acceptors (Lipinski definition) is 5. The van der Waals surface area contributed by atoms with Gasteiger partial charge in [-0.1, -0.05) is 12.8 Å². The number of benzene rings is 1. The molecule has 0 bridgehead atoms. The third kappa shape index (κ3) is 5.14. The highest BCUT2D eigenvalue weighted by Crippen LogP contribution is 2.36. The van der Waals surface area contributed by atoms with Gasteiger partial charge in [-0.25, -0.2) is 4.79 Å². The number of hydrogen-bond donors (Lipinski definition) is 1. The highest BCUT2D eigenvalue weighted by molar-refractivity contribution is 5.94. The fourth-order valence-electron chi connectivity index (χ4n) is 5.06. The average Bonchev–Trinajstić information content (AvgIpc) is 3.21. The summed E-state index contributed by atoms with van der Waals surface area (Å²) in [5.41, 5.74) is 6.36. The van der Waals surface area contributed by atoms with Crippen molar-refractivity contribution in [3.05, 3.63) is 23.8 Å². The van der Waals surface area contributed by atoms with Crippen molar-refractivity contribution in [3.63, 3.8) is 0 Å². The zero-order chi connectivity index (χ0) is 21.7. The van der Waals surface area contributed by atoms with E-state index in [1.807, 2.05) is 18.2 Å². The van der Waals surface area contributed by atoms with E-state index in [4.69, 9.17) is 15.2 Å². The Morgan fingerprint density at radius 3 is 2.48 bits per heavy atom. The van der Waals surface area contributed by atoms with E-state index in [0.717, 1.165) is 55.6 Å². The molecule has 1 aromatic rings. The van der Waals surface area contributed by atoms with Gasteiger partial charge in [-0.2, -0.15) is 0 Å². The molecular weight excluding hydrogens is 394 g/mol. The minimum absolute atomic E-state index is 0.477. The Kier molecular flexibility index (Phi) is 7.00. The monoisotopic (exact) mass is 429 g/mol. The Bertz CT molecular complexity index is 785. The van der Waals surface area contributed by atoms with Gasteiger partial charge in [0, 0.05) is 13.1 Å². The molecule has 0 atom stereocenters. The molecule has 2 amide bonds. The smallest absolute Gasteiger partial charge is 0.415 e. The van der Waals surface area contributed by atoms with Crippen LogP contribution in [-0.2, 0) is 16.0 Å². The van der Waals surface area contributed by atoms with Crippen molar-refractivity contribution in [3.8, 4) is 5.75 Å². The van der Waals surface area contributed by atoms with Gasteiger partial charge < -0.3 is 20.1 Å². The highest BCUT2D eigenvalue weighted by Gasteiger charge is 2.43. The van der Waals surface area contributed by atoms with E-state index in [1.165, 1.54) is 32.4 Å². The molecule has 2 aliphatic heterocycles. The molecule has 2 heterocycles. The van der Waals surface area contributed by atoms with E-state index in [9.17, 15) is 9.59 Å². The first kappa shape index (κ1) is 21.9. The van der Waals surface area contributed by atoms with Crippen molar-refractivity contribution in [1.82, 2.24) is 4.90 Å². The molecule has 1 saturated carbocycles. The second kappa shape index (κ2) is 9.90. The number of piperidine rings is 1. The largest absolute Gasteiger partial charge is 0.494 e. The number of carbonyl (C=O) groups excluding carboxylic acids is 2. The number of fused-ring (bicyclic) bond motifs is 1. The van der Waals surface area contributed by atoms with Gasteiger partial charge in [0.2, 0.25) is 0 Å². The highest BCUT2D eigenvalue weighted by atomic mass is 16.6. The third-order valence-electron chi connectivity index (χ3n) is 6.90. The van der Waals surface area contributed by atoms with Crippen molar-refractivity contribution in [2.75, 3.05) is 37.7 Å². The van der Waals surface area contributed by atoms with Gasteiger partial charge in [0.05, 0.1) is 12.3 Å². The van der Waals surface area contributed by atoms with E-state index in [-0.39, 0.29) is 0 Å². The Labute approximate surface area is 184 Å². The number of amides is 2. The van der Waals surface area contributed by atoms with Gasteiger partial charge in [-0.3, -0.25) is 9.69 Å². The van der Waals surface area contributed by atoms with E-state index in [1.54, 1.807) is 4.90 Å². The summed E-state index contributed by atoms with van der Waals surface area (Å²) in [6.45, 7) is 4.75. The van der Waals surface area contributed by atoms with Crippen LogP contribution in [0.25, 0.3) is 0 Å². The normalized spacial score (nSPS) is 20.8. The van der Waals surface area contributed by atoms with Crippen LogP contribution in [0, 0.1) is 0 Å². The minimum Gasteiger partial charge on any atom is -0.494 e. The maximum atomic E-state index is 12.9. The number of anilines is 1. The summed E-state index contributed by atoms with van der Waals surface area (Å²) >= 11 is 0. The Morgan fingerprint density at radius 2 is 1.74 bits per heavy atom. The molecule has 0 aromatic heterocycles. The molecule has 1 saturated heterocycles. The summed E-state index contributed by atoms with van der Waals surface area (Å²) in [6.07, 6.45) is 9.04. The van der Waals surface area contributed by atoms with E-state index in [2.05, 4.69) is 4.90 Å². The predicted molar refractivity (Wildman–Crippen MR) is 119 cm³/mol. The zero-order valence-electron chi connectivity index (χ0n) is 18.4. The van der Waals surface area contributed by atoms with Crippen LogP contribution in [0.2, 0.25) is 0 Å². The van der Waals surface area contributed by atoms with Gasteiger partial charge in [-0.15, -0.1) is 0 Å². The van der Waals surface area contributed by atoms with Crippen molar-refractivity contribution >= 4 is 17.7 Å². The topological polar surface area (TPSA) is 85.1 Å². The van der Waals surface area contributed by atoms with Crippen LogP contribution >= 0.6 is 0 Å². The quantitative estimate of drug-likeness (QED) is 0.669. The van der Waals surface area contributed by atoms with Crippen LogP contribution in [-0.4, -0.2) is 55.3 Å². The number of rotatable bonds is 7. The van der Waals surface area contributed by atoms with Crippen molar-refractivity contribution in [2.24, 2.45) is 5.73 Å². The number of ether oxygens (including phenoxy) is 2. The molecule has 31 heavy (non-hydrogen) atoms. The first-order valence-electron chi connectivity index (χ1n) is 11.9. The average molecular weight is 430 g/mol. The Morgan fingerprint density at radius 1 is 1.00 bits per heavy atom. The molecular formula is C24H35N3O4. The van der Waals surface area contributed by atoms with Crippen LogP contribution in [0.4, 0.5) is 10.5 Å². The van der Waals surface area contributed by atoms with Gasteiger partial charge in [-0.05, 0) is 88.2 Å². The number of carbonyl (C=O) groups is 2. The molecule has 0 unspecified atom stereocenters. The van der Waals surface area contributed by atoms with Crippen molar-refractivity contribution < 1.29 is 19.1 Å². The molecule has 1 aliphatic carbocycles. The first-order chi connectivity index (χ1) is 15.1. The molecule has 7 nitrogen and oxygen atoms in total. The molecule has 1 aromatic carbocycles. The van der Waals surface area contributed by atoms with Crippen LogP contribution in [0.5, 0.6) is 5.75 Å². The molecule has 7 heteroatoms. The lowest BCUT2D eigenvalue weighted by Gasteiger charge is -2.35. The first-order valence-corrected chi connectivity index (χ1v) is 11.9. The number of primary amides is 1. The van der Waals surface area contributed by atoms with E-state index >= 15 is 0 Å². The summed E-state index contributed by atoms with van der Waals surface area (Å²) < 4.78 is 11.7. The summed E-state index contributed by atoms with van der Waals surface area (Å²) in [6, 6.07) is 5.85. The fraction of sp³-hybridized carbons (Fsp3) is 0.667. The molecule has 170 valence electrons. The number of likely N-dealkylation sites (tertiary alicyclic amines) is 1. The lowest BCUT2D eigenvalue weighted by Crippen LogP contribution is -2.51. The van der Waals surface area contributed by atoms with Crippen molar-refractivity contribution in [2.45, 2.75) is 69.8 Å². The summed E-state index contributed by atoms with van der Waals surface area (Å²) in [7, 11) is 0. The van der Waals surface area contributed by atoms with Gasteiger partial charge in [0.25, 0.3) is 5.91 Å². The summed E-state index contributed by atoms with van der Waals surface area (Å²) in [5.74, 6) is 0.307. The summed E-state index contributed by atoms with van der Waals surface area (Å²) in [4.78, 5) is 29.1.